The van der Waals surface area contributed by atoms with Gasteiger partial charge in [0.05, 0.1) is 6.61 Å². The molecule has 0 bridgehead atoms. The number of amides is 2. The van der Waals surface area contributed by atoms with Crippen LogP contribution in [-0.4, -0.2) is 36.9 Å². The summed E-state index contributed by atoms with van der Waals surface area (Å²) in [6.07, 6.45) is 5.06. The minimum atomic E-state index is -0.676. The lowest BCUT2D eigenvalue weighted by Gasteiger charge is -2.31. The molecule has 2 fully saturated rings. The highest BCUT2D eigenvalue weighted by Crippen LogP contribution is 2.37. The molecule has 24 heavy (non-hydrogen) atoms. The quantitative estimate of drug-likeness (QED) is 0.831. The number of hydrogen-bond acceptors (Lipinski definition) is 4. The molecule has 0 aromatic heterocycles. The fraction of sp³-hybridized carbons (Fsp3) is 0.556. The second-order valence-corrected chi connectivity index (χ2v) is 6.55. The number of ether oxygens (including phenoxy) is 2. The van der Waals surface area contributed by atoms with Gasteiger partial charge in [-0.05, 0) is 31.9 Å². The number of nitrogens with one attached hydrogen (secondary N) is 2. The lowest BCUT2D eigenvalue weighted by molar-refractivity contribution is -0.186. The van der Waals surface area contributed by atoms with Gasteiger partial charge in [0.2, 0.25) is 0 Å². The maximum absolute atomic E-state index is 11.9. The van der Waals surface area contributed by atoms with Gasteiger partial charge in [-0.25, -0.2) is 0 Å². The summed E-state index contributed by atoms with van der Waals surface area (Å²) in [5.74, 6) is -1.80. The van der Waals surface area contributed by atoms with E-state index in [9.17, 15) is 9.59 Å². The Kier molecular flexibility index (Phi) is 5.16. The molecule has 1 saturated carbocycles. The molecule has 3 rings (SSSR count). The van der Waals surface area contributed by atoms with Crippen LogP contribution in [0.4, 0.5) is 5.69 Å². The monoisotopic (exact) mass is 332 g/mol. The van der Waals surface area contributed by atoms with Crippen LogP contribution in [0.15, 0.2) is 24.3 Å². The zero-order chi connectivity index (χ0) is 17.0. The van der Waals surface area contributed by atoms with Crippen molar-refractivity contribution in [3.05, 3.63) is 29.8 Å². The van der Waals surface area contributed by atoms with Gasteiger partial charge in [0, 0.05) is 25.1 Å². The number of aryl methyl sites for hydroxylation is 1. The molecule has 0 unspecified atom stereocenters. The van der Waals surface area contributed by atoms with E-state index in [4.69, 9.17) is 9.47 Å². The molecular weight excluding hydrogens is 308 g/mol. The summed E-state index contributed by atoms with van der Waals surface area (Å²) in [6.45, 7) is 2.70. The smallest absolute Gasteiger partial charge is 0.313 e. The van der Waals surface area contributed by atoms with Crippen molar-refractivity contribution < 1.29 is 19.1 Å². The molecule has 1 heterocycles. The Morgan fingerprint density at radius 1 is 1.12 bits per heavy atom. The van der Waals surface area contributed by atoms with Crippen LogP contribution in [0.1, 0.15) is 37.7 Å². The third kappa shape index (κ3) is 4.13. The summed E-state index contributed by atoms with van der Waals surface area (Å²) in [7, 11) is 0. The van der Waals surface area contributed by atoms with E-state index in [1.807, 2.05) is 19.1 Å². The minimum absolute atomic E-state index is 0.195. The van der Waals surface area contributed by atoms with Crippen molar-refractivity contribution in [3.8, 4) is 0 Å². The summed E-state index contributed by atoms with van der Waals surface area (Å²) in [6, 6.07) is 7.28. The number of carbonyl (C=O) groups excluding carboxylic acids is 2. The first-order chi connectivity index (χ1) is 11.6. The van der Waals surface area contributed by atoms with Crippen LogP contribution in [0.5, 0.6) is 0 Å². The third-order valence-electron chi connectivity index (χ3n) is 4.54. The fourth-order valence-electron chi connectivity index (χ4n) is 3.18. The highest BCUT2D eigenvalue weighted by Gasteiger charge is 2.42. The van der Waals surface area contributed by atoms with Crippen LogP contribution in [0, 0.1) is 6.92 Å². The van der Waals surface area contributed by atoms with Crippen LogP contribution in [-0.2, 0) is 19.1 Å². The number of anilines is 1. The number of hydrogen-bond donors (Lipinski definition) is 2. The van der Waals surface area contributed by atoms with Gasteiger partial charge in [0.25, 0.3) is 0 Å². The normalized spacial score (nSPS) is 22.3. The van der Waals surface area contributed by atoms with E-state index in [0.29, 0.717) is 12.3 Å². The first-order valence-corrected chi connectivity index (χ1v) is 8.54. The third-order valence-corrected chi connectivity index (χ3v) is 4.54. The second-order valence-electron chi connectivity index (χ2n) is 6.55. The molecule has 1 aromatic rings. The van der Waals surface area contributed by atoms with Gasteiger partial charge in [-0.15, -0.1) is 0 Å². The fourth-order valence-corrected chi connectivity index (χ4v) is 3.18. The molecule has 6 heteroatoms. The van der Waals surface area contributed by atoms with Crippen molar-refractivity contribution in [3.63, 3.8) is 0 Å². The van der Waals surface area contributed by atoms with Gasteiger partial charge >= 0.3 is 11.8 Å². The molecule has 2 N–H and O–H groups in total. The van der Waals surface area contributed by atoms with Crippen LogP contribution in [0.3, 0.4) is 0 Å². The number of benzene rings is 1. The lowest BCUT2D eigenvalue weighted by atomic mass is 9.94. The molecule has 1 aliphatic heterocycles. The molecule has 1 spiro atoms. The number of carbonyl (C=O) groups is 2. The van der Waals surface area contributed by atoms with E-state index < -0.39 is 17.6 Å². The average molecular weight is 332 g/mol. The van der Waals surface area contributed by atoms with Crippen LogP contribution >= 0.6 is 0 Å². The predicted molar refractivity (Wildman–Crippen MR) is 89.5 cm³/mol. The molecule has 1 aliphatic carbocycles. The summed E-state index contributed by atoms with van der Waals surface area (Å²) < 4.78 is 11.8. The standard InChI is InChI=1S/C18H24N2O4/c1-13-5-7-14(8-6-13)20-17(22)16(21)19-11-15-12-23-18(24-15)9-3-2-4-10-18/h5-8,15H,2-4,9-12H2,1H3,(H,19,21)(H,20,22)/t15-/m1/s1. The topological polar surface area (TPSA) is 76.7 Å². The van der Waals surface area contributed by atoms with E-state index in [1.165, 1.54) is 6.42 Å². The number of rotatable bonds is 3. The Bertz CT molecular complexity index is 594. The molecule has 1 saturated heterocycles. The van der Waals surface area contributed by atoms with E-state index in [1.54, 1.807) is 12.1 Å². The zero-order valence-electron chi connectivity index (χ0n) is 14.0. The van der Waals surface area contributed by atoms with Crippen molar-refractivity contribution >= 4 is 17.5 Å². The Hall–Kier alpha value is -1.92. The minimum Gasteiger partial charge on any atom is -0.347 e. The molecule has 6 nitrogen and oxygen atoms in total. The van der Waals surface area contributed by atoms with E-state index >= 15 is 0 Å². The molecule has 2 amide bonds. The van der Waals surface area contributed by atoms with Gasteiger partial charge in [0.15, 0.2) is 5.79 Å². The van der Waals surface area contributed by atoms with Gasteiger partial charge in [-0.2, -0.15) is 0 Å². The van der Waals surface area contributed by atoms with Crippen LogP contribution in [0.2, 0.25) is 0 Å². The summed E-state index contributed by atoms with van der Waals surface area (Å²) in [5, 5.41) is 5.20. The average Bonchev–Trinajstić information content (AvgIpc) is 2.98. The van der Waals surface area contributed by atoms with Gasteiger partial charge in [-0.1, -0.05) is 24.1 Å². The van der Waals surface area contributed by atoms with Crippen LogP contribution in [0.25, 0.3) is 0 Å². The second kappa shape index (κ2) is 7.32. The Labute approximate surface area is 141 Å². The molecule has 0 radical (unpaired) electrons. The van der Waals surface area contributed by atoms with Crippen molar-refractivity contribution in [1.29, 1.82) is 0 Å². The van der Waals surface area contributed by atoms with Gasteiger partial charge in [0.1, 0.15) is 6.10 Å². The van der Waals surface area contributed by atoms with E-state index in [0.717, 1.165) is 31.2 Å². The Morgan fingerprint density at radius 3 is 2.54 bits per heavy atom. The Balaban J connectivity index is 1.43. The van der Waals surface area contributed by atoms with Crippen LogP contribution < -0.4 is 10.6 Å². The van der Waals surface area contributed by atoms with Crippen molar-refractivity contribution in [2.24, 2.45) is 0 Å². The predicted octanol–water partition coefficient (Wildman–Crippen LogP) is 2.13. The van der Waals surface area contributed by atoms with Crippen molar-refractivity contribution in [1.82, 2.24) is 5.32 Å². The first-order valence-electron chi connectivity index (χ1n) is 8.54. The Morgan fingerprint density at radius 2 is 1.83 bits per heavy atom. The highest BCUT2D eigenvalue weighted by molar-refractivity contribution is 6.39. The zero-order valence-corrected chi connectivity index (χ0v) is 14.0. The first kappa shape index (κ1) is 16.9. The van der Waals surface area contributed by atoms with Gasteiger partial charge in [-0.3, -0.25) is 9.59 Å². The molecule has 2 aliphatic rings. The van der Waals surface area contributed by atoms with E-state index in [-0.39, 0.29) is 12.6 Å². The SMILES string of the molecule is Cc1ccc(NC(=O)C(=O)NC[C@@H]2COC3(CCCCC3)O2)cc1. The van der Waals surface area contributed by atoms with E-state index in [2.05, 4.69) is 10.6 Å². The summed E-state index contributed by atoms with van der Waals surface area (Å²) in [5.41, 5.74) is 1.69. The highest BCUT2D eigenvalue weighted by atomic mass is 16.7. The molecule has 1 atom stereocenters. The molecule has 1 aromatic carbocycles. The summed E-state index contributed by atoms with van der Waals surface area (Å²) >= 11 is 0. The summed E-state index contributed by atoms with van der Waals surface area (Å²) in [4.78, 5) is 23.8. The van der Waals surface area contributed by atoms with Crippen molar-refractivity contribution in [2.45, 2.75) is 50.9 Å². The molecule has 130 valence electrons. The maximum Gasteiger partial charge on any atom is 0.313 e. The largest absolute Gasteiger partial charge is 0.347 e. The maximum atomic E-state index is 11.9. The van der Waals surface area contributed by atoms with Gasteiger partial charge < -0.3 is 20.1 Å². The molecular formula is C18H24N2O4. The van der Waals surface area contributed by atoms with Crippen molar-refractivity contribution in [2.75, 3.05) is 18.5 Å². The lowest BCUT2D eigenvalue weighted by Crippen LogP contribution is -2.41.